The van der Waals surface area contributed by atoms with Gasteiger partial charge in [0.1, 0.15) is 13.1 Å². The van der Waals surface area contributed by atoms with Crippen LogP contribution in [0.5, 0.6) is 0 Å². The molecule has 2 amide bonds. The van der Waals surface area contributed by atoms with Crippen molar-refractivity contribution < 1.29 is 19.4 Å². The lowest BCUT2D eigenvalue weighted by Crippen LogP contribution is -3.21. The fourth-order valence-electron chi connectivity index (χ4n) is 3.82. The van der Waals surface area contributed by atoms with Crippen LogP contribution in [0.25, 0.3) is 0 Å². The first-order chi connectivity index (χ1) is 10.5. The normalized spacial score (nSPS) is 29.9. The molecule has 4 bridgehead atoms. The third-order valence-corrected chi connectivity index (χ3v) is 4.73. The van der Waals surface area contributed by atoms with E-state index in [-0.39, 0.29) is 29.8 Å². The minimum absolute atomic E-state index is 0.0560. The summed E-state index contributed by atoms with van der Waals surface area (Å²) in [5.41, 5.74) is -0.598. The quantitative estimate of drug-likeness (QED) is 0.501. The Balaban J connectivity index is 1.90. The molecular weight excluding hydrogens is 288 g/mol. The molecule has 1 aromatic carbocycles. The number of carbonyl (C=O) groups is 2. The Hall–Kier alpha value is -2.48. The van der Waals surface area contributed by atoms with Gasteiger partial charge in [0.25, 0.3) is 11.8 Å². The number of amides is 2. The highest BCUT2D eigenvalue weighted by Gasteiger charge is 2.59. The SMILES string of the molecule is O=C1c2ccccc2C(=O)N2C[NH+]3CN1CC([N+](=O)[O-])(C2)C3. The van der Waals surface area contributed by atoms with Gasteiger partial charge in [-0.3, -0.25) is 34.4 Å². The molecule has 0 aromatic heterocycles. The number of rotatable bonds is 1. The van der Waals surface area contributed by atoms with Crippen molar-refractivity contribution in [2.45, 2.75) is 5.54 Å². The zero-order valence-electron chi connectivity index (χ0n) is 11.8. The van der Waals surface area contributed by atoms with Crippen LogP contribution in [0.1, 0.15) is 20.7 Å². The van der Waals surface area contributed by atoms with Crippen molar-refractivity contribution in [2.24, 2.45) is 0 Å². The lowest BCUT2D eigenvalue weighted by molar-refractivity contribution is -0.950. The zero-order valence-corrected chi connectivity index (χ0v) is 11.8. The van der Waals surface area contributed by atoms with Crippen LogP contribution in [-0.2, 0) is 0 Å². The van der Waals surface area contributed by atoms with Gasteiger partial charge in [-0.25, -0.2) is 0 Å². The van der Waals surface area contributed by atoms with E-state index in [1.165, 1.54) is 9.80 Å². The second-order valence-corrected chi connectivity index (χ2v) is 6.28. The van der Waals surface area contributed by atoms with Crippen LogP contribution in [0.4, 0.5) is 0 Å². The molecule has 22 heavy (non-hydrogen) atoms. The summed E-state index contributed by atoms with van der Waals surface area (Å²) in [6.45, 7) is 1.25. The monoisotopic (exact) mass is 303 g/mol. The van der Waals surface area contributed by atoms with Gasteiger partial charge in [-0.05, 0) is 12.1 Å². The van der Waals surface area contributed by atoms with E-state index < -0.39 is 5.54 Å². The molecule has 0 atom stereocenters. The fraction of sp³-hybridized carbons (Fsp3) is 0.429. The average Bonchev–Trinajstić information content (AvgIpc) is 2.55. The summed E-state index contributed by atoms with van der Waals surface area (Å²) in [5, 5.41) is 11.6. The molecule has 4 heterocycles. The van der Waals surface area contributed by atoms with Gasteiger partial charge >= 0.3 is 5.54 Å². The maximum atomic E-state index is 12.7. The third-order valence-electron chi connectivity index (χ3n) is 4.73. The maximum Gasteiger partial charge on any atom is 0.304 e. The molecule has 0 radical (unpaired) electrons. The predicted molar refractivity (Wildman–Crippen MR) is 73.8 cm³/mol. The van der Waals surface area contributed by atoms with Crippen LogP contribution in [0.15, 0.2) is 24.3 Å². The summed E-state index contributed by atoms with van der Waals surface area (Å²) in [6, 6.07) is 6.65. The highest BCUT2D eigenvalue weighted by Crippen LogP contribution is 2.25. The average molecular weight is 303 g/mol. The van der Waals surface area contributed by atoms with E-state index >= 15 is 0 Å². The number of nitrogens with zero attached hydrogens (tertiary/aromatic N) is 3. The summed E-state index contributed by atoms with van der Waals surface area (Å²) < 4.78 is 0. The summed E-state index contributed by atoms with van der Waals surface area (Å²) in [7, 11) is 0. The maximum absolute atomic E-state index is 12.7. The summed E-state index contributed by atoms with van der Waals surface area (Å²) in [4.78, 5) is 40.7. The van der Waals surface area contributed by atoms with E-state index in [1.807, 2.05) is 0 Å². The van der Waals surface area contributed by atoms with Crippen molar-refractivity contribution in [3.63, 3.8) is 0 Å². The molecule has 1 aromatic rings. The summed E-state index contributed by atoms with van der Waals surface area (Å²) in [6.07, 6.45) is 0. The van der Waals surface area contributed by atoms with Gasteiger partial charge < -0.3 is 0 Å². The summed E-state index contributed by atoms with van der Waals surface area (Å²) in [5.74, 6) is -0.591. The molecular formula is C14H15N4O4+. The molecule has 2 fully saturated rings. The largest absolute Gasteiger partial charge is 0.304 e. The standard InChI is InChI=1S/C14H14N4O4/c19-12-10-3-1-2-4-11(10)13(20)17-7-14(18(21)22)5-15(9-17)8-16(12)6-14/h1-4H,5-9H2/p+1. The molecule has 2 saturated heterocycles. The number of hydrogen-bond donors (Lipinski definition) is 1. The van der Waals surface area contributed by atoms with Crippen molar-refractivity contribution in [2.75, 3.05) is 33.0 Å². The predicted octanol–water partition coefficient (Wildman–Crippen LogP) is -1.57. The minimum atomic E-state index is -1.26. The first kappa shape index (κ1) is 13.2. The van der Waals surface area contributed by atoms with Gasteiger partial charge in [-0.15, -0.1) is 0 Å². The molecule has 1 N–H and O–H groups in total. The van der Waals surface area contributed by atoms with Gasteiger partial charge in [-0.2, -0.15) is 0 Å². The van der Waals surface area contributed by atoms with E-state index in [2.05, 4.69) is 0 Å². The van der Waals surface area contributed by atoms with Gasteiger partial charge in [0, 0.05) is 4.92 Å². The lowest BCUT2D eigenvalue weighted by Gasteiger charge is -2.45. The molecule has 8 heteroatoms. The van der Waals surface area contributed by atoms with Crippen molar-refractivity contribution in [1.29, 1.82) is 0 Å². The smallest absolute Gasteiger partial charge is 0.295 e. The van der Waals surface area contributed by atoms with E-state index in [0.717, 1.165) is 4.90 Å². The highest BCUT2D eigenvalue weighted by atomic mass is 16.6. The van der Waals surface area contributed by atoms with E-state index in [0.29, 0.717) is 31.0 Å². The number of hydrogen-bond acceptors (Lipinski definition) is 4. The number of nitro groups is 1. The number of carbonyl (C=O) groups excluding carboxylic acids is 2. The van der Waals surface area contributed by atoms with Crippen LogP contribution >= 0.6 is 0 Å². The first-order valence-corrected chi connectivity index (χ1v) is 7.16. The van der Waals surface area contributed by atoms with Crippen molar-refractivity contribution in [3.05, 3.63) is 45.5 Å². The number of benzene rings is 1. The van der Waals surface area contributed by atoms with Gasteiger partial charge in [0.15, 0.2) is 19.9 Å². The number of quaternary nitrogens is 1. The van der Waals surface area contributed by atoms with Crippen molar-refractivity contribution >= 4 is 11.8 Å². The van der Waals surface area contributed by atoms with Crippen molar-refractivity contribution in [1.82, 2.24) is 9.80 Å². The lowest BCUT2D eigenvalue weighted by atomic mass is 9.94. The minimum Gasteiger partial charge on any atom is -0.295 e. The number of nitrogens with one attached hydrogen (secondary N) is 1. The molecule has 0 unspecified atom stereocenters. The second-order valence-electron chi connectivity index (χ2n) is 6.28. The Morgan fingerprint density at radius 3 is 2.00 bits per heavy atom. The Bertz CT molecular complexity index is 657. The molecule has 0 aliphatic carbocycles. The molecule has 5 rings (SSSR count). The van der Waals surface area contributed by atoms with Crippen LogP contribution in [0.3, 0.4) is 0 Å². The molecule has 0 spiro atoms. The van der Waals surface area contributed by atoms with Crippen LogP contribution < -0.4 is 4.90 Å². The summed E-state index contributed by atoms with van der Waals surface area (Å²) >= 11 is 0. The van der Waals surface area contributed by atoms with E-state index in [1.54, 1.807) is 24.3 Å². The molecule has 114 valence electrons. The van der Waals surface area contributed by atoms with Crippen LogP contribution in [0.2, 0.25) is 0 Å². The fourth-order valence-corrected chi connectivity index (χ4v) is 3.82. The van der Waals surface area contributed by atoms with Crippen LogP contribution in [0, 0.1) is 10.1 Å². The van der Waals surface area contributed by atoms with E-state index in [9.17, 15) is 19.7 Å². The Labute approximate surface area is 126 Å². The Kier molecular flexibility index (Phi) is 2.56. The molecule has 0 saturated carbocycles. The second kappa shape index (κ2) is 4.26. The first-order valence-electron chi connectivity index (χ1n) is 7.16. The Morgan fingerprint density at radius 2 is 1.55 bits per heavy atom. The molecule has 4 aliphatic rings. The van der Waals surface area contributed by atoms with Crippen molar-refractivity contribution in [3.8, 4) is 0 Å². The molecule has 8 nitrogen and oxygen atoms in total. The third kappa shape index (κ3) is 1.67. The highest BCUT2D eigenvalue weighted by molar-refractivity contribution is 6.07. The molecule has 4 aliphatic heterocycles. The van der Waals surface area contributed by atoms with E-state index in [4.69, 9.17) is 0 Å². The van der Waals surface area contributed by atoms with Crippen LogP contribution in [-0.4, -0.2) is 65.0 Å². The Morgan fingerprint density at radius 1 is 1.05 bits per heavy atom. The van der Waals surface area contributed by atoms with Gasteiger partial charge in [0.2, 0.25) is 0 Å². The zero-order chi connectivity index (χ0) is 15.5. The topological polar surface area (TPSA) is 88.2 Å². The van der Waals surface area contributed by atoms with Gasteiger partial charge in [-0.1, -0.05) is 12.1 Å². The van der Waals surface area contributed by atoms with Gasteiger partial charge in [0.05, 0.1) is 11.1 Å².